The van der Waals surface area contributed by atoms with Gasteiger partial charge < -0.3 is 10.6 Å². The molecule has 0 bridgehead atoms. The Morgan fingerprint density at radius 3 is 2.27 bits per heavy atom. The third-order valence-corrected chi connectivity index (χ3v) is 3.03. The number of thiol groups is 1. The fourth-order valence-corrected chi connectivity index (χ4v) is 1.84. The Morgan fingerprint density at radius 2 is 1.87 bits per heavy atom. The van der Waals surface area contributed by atoms with Gasteiger partial charge in [-0.25, -0.2) is 0 Å². The van der Waals surface area contributed by atoms with E-state index in [4.69, 9.17) is 5.73 Å². The van der Waals surface area contributed by atoms with E-state index in [-0.39, 0.29) is 23.6 Å². The topological polar surface area (TPSA) is 66.6 Å². The molecule has 6 heteroatoms. The first kappa shape index (κ1) is 12.3. The molecule has 1 aliphatic rings. The molecule has 5 nitrogen and oxygen atoms in total. The number of primary amides is 1. The number of hydrogen-bond acceptors (Lipinski definition) is 4. The zero-order valence-corrected chi connectivity index (χ0v) is 9.74. The number of rotatable bonds is 3. The molecule has 2 N–H and O–H groups in total. The molecule has 0 saturated carbocycles. The fraction of sp³-hybridized carbons (Fsp3) is 0.778. The first-order chi connectivity index (χ1) is 7.06. The molecule has 86 valence electrons. The van der Waals surface area contributed by atoms with Crippen molar-refractivity contribution >= 4 is 24.4 Å². The second kappa shape index (κ2) is 5.37. The van der Waals surface area contributed by atoms with Gasteiger partial charge in [0.15, 0.2) is 0 Å². The maximum atomic E-state index is 11.3. The third kappa shape index (κ3) is 3.10. The highest BCUT2D eigenvalue weighted by Crippen LogP contribution is 2.06. The van der Waals surface area contributed by atoms with E-state index < -0.39 is 0 Å². The van der Waals surface area contributed by atoms with E-state index in [0.29, 0.717) is 26.2 Å². The van der Waals surface area contributed by atoms with Gasteiger partial charge in [0.05, 0.1) is 11.8 Å². The molecule has 2 amide bonds. The molecule has 1 atom stereocenters. The van der Waals surface area contributed by atoms with Crippen LogP contribution in [0.15, 0.2) is 0 Å². The van der Waals surface area contributed by atoms with E-state index in [9.17, 15) is 9.59 Å². The van der Waals surface area contributed by atoms with E-state index >= 15 is 0 Å². The molecule has 0 aromatic rings. The van der Waals surface area contributed by atoms with Crippen LogP contribution in [-0.4, -0.2) is 59.6 Å². The monoisotopic (exact) mass is 231 g/mol. The van der Waals surface area contributed by atoms with Crippen LogP contribution in [-0.2, 0) is 9.59 Å². The molecule has 1 aliphatic heterocycles. The Balaban J connectivity index is 2.42. The lowest BCUT2D eigenvalue weighted by molar-refractivity contribution is -0.131. The van der Waals surface area contributed by atoms with Gasteiger partial charge in [-0.1, -0.05) is 0 Å². The van der Waals surface area contributed by atoms with Gasteiger partial charge in [-0.3, -0.25) is 14.5 Å². The first-order valence-electron chi connectivity index (χ1n) is 4.98. The second-order valence-corrected chi connectivity index (χ2v) is 3.97. The first-order valence-corrected chi connectivity index (χ1v) is 5.61. The molecule has 0 spiro atoms. The van der Waals surface area contributed by atoms with Gasteiger partial charge >= 0.3 is 0 Å². The maximum Gasteiger partial charge on any atom is 0.234 e. The summed E-state index contributed by atoms with van der Waals surface area (Å²) >= 11 is 3.94. The van der Waals surface area contributed by atoms with Gasteiger partial charge in [-0.15, -0.1) is 0 Å². The molecule has 1 fully saturated rings. The van der Waals surface area contributed by atoms with Crippen molar-refractivity contribution < 1.29 is 9.59 Å². The van der Waals surface area contributed by atoms with Crippen molar-refractivity contribution in [2.45, 2.75) is 13.0 Å². The zero-order chi connectivity index (χ0) is 11.4. The predicted octanol–water partition coefficient (Wildman–Crippen LogP) is -1.07. The minimum Gasteiger partial charge on any atom is -0.368 e. The summed E-state index contributed by atoms with van der Waals surface area (Å²) in [5.74, 6) is -0.0283. The Hall–Kier alpha value is -0.750. The van der Waals surface area contributed by atoms with Crippen molar-refractivity contribution in [3.8, 4) is 0 Å². The van der Waals surface area contributed by atoms with E-state index in [2.05, 4.69) is 12.6 Å². The van der Waals surface area contributed by atoms with Gasteiger partial charge in [0, 0.05) is 26.2 Å². The quantitative estimate of drug-likeness (QED) is 0.608. The molecule has 1 rings (SSSR count). The summed E-state index contributed by atoms with van der Waals surface area (Å²) < 4.78 is 0. The van der Waals surface area contributed by atoms with E-state index in [1.54, 1.807) is 11.8 Å². The lowest BCUT2D eigenvalue weighted by Gasteiger charge is -2.36. The van der Waals surface area contributed by atoms with Gasteiger partial charge in [-0.2, -0.15) is 12.6 Å². The lowest BCUT2D eigenvalue weighted by Crippen LogP contribution is -2.54. The van der Waals surface area contributed by atoms with Crippen molar-refractivity contribution in [2.75, 3.05) is 31.9 Å². The molecule has 1 saturated heterocycles. The summed E-state index contributed by atoms with van der Waals surface area (Å²) in [6, 6.07) is -0.252. The molecule has 1 unspecified atom stereocenters. The molecular formula is C9H17N3O2S. The number of amides is 2. The Bertz CT molecular complexity index is 252. The summed E-state index contributed by atoms with van der Waals surface area (Å²) in [6.07, 6.45) is 0. The Morgan fingerprint density at radius 1 is 1.33 bits per heavy atom. The van der Waals surface area contributed by atoms with E-state index in [1.165, 1.54) is 0 Å². The predicted molar refractivity (Wildman–Crippen MR) is 60.7 cm³/mol. The van der Waals surface area contributed by atoms with Crippen LogP contribution >= 0.6 is 12.6 Å². The smallest absolute Gasteiger partial charge is 0.234 e. The summed E-state index contributed by atoms with van der Waals surface area (Å²) in [6.45, 7) is 4.49. The zero-order valence-electron chi connectivity index (χ0n) is 8.85. The SMILES string of the molecule is CC(C(N)=O)N1CCN(C(=O)CS)CC1. The fourth-order valence-electron chi connectivity index (χ4n) is 1.64. The highest BCUT2D eigenvalue weighted by atomic mass is 32.1. The largest absolute Gasteiger partial charge is 0.368 e. The third-order valence-electron chi connectivity index (χ3n) is 2.76. The van der Waals surface area contributed by atoms with Crippen LogP contribution in [0.5, 0.6) is 0 Å². The molecule has 1 heterocycles. The van der Waals surface area contributed by atoms with Gasteiger partial charge in [0.2, 0.25) is 11.8 Å². The average molecular weight is 231 g/mol. The number of carbonyl (C=O) groups is 2. The highest BCUT2D eigenvalue weighted by molar-refractivity contribution is 7.81. The van der Waals surface area contributed by atoms with Gasteiger partial charge in [0.1, 0.15) is 0 Å². The van der Waals surface area contributed by atoms with Crippen molar-refractivity contribution in [3.05, 3.63) is 0 Å². The summed E-state index contributed by atoms with van der Waals surface area (Å²) in [5.41, 5.74) is 5.21. The molecule has 0 aromatic heterocycles. The number of carbonyl (C=O) groups excluding carboxylic acids is 2. The minimum absolute atomic E-state index is 0.0460. The van der Waals surface area contributed by atoms with Crippen LogP contribution in [0.4, 0.5) is 0 Å². The van der Waals surface area contributed by atoms with Gasteiger partial charge in [0.25, 0.3) is 0 Å². The number of piperazine rings is 1. The maximum absolute atomic E-state index is 11.3. The van der Waals surface area contributed by atoms with Crippen LogP contribution < -0.4 is 5.73 Å². The van der Waals surface area contributed by atoms with Crippen LogP contribution in [0, 0.1) is 0 Å². The molecular weight excluding hydrogens is 214 g/mol. The Labute approximate surface area is 95.0 Å². The van der Waals surface area contributed by atoms with Crippen LogP contribution in [0.1, 0.15) is 6.92 Å². The Kier molecular flexibility index (Phi) is 4.41. The van der Waals surface area contributed by atoms with Crippen LogP contribution in [0.3, 0.4) is 0 Å². The molecule has 0 radical (unpaired) electrons. The van der Waals surface area contributed by atoms with Crippen LogP contribution in [0.25, 0.3) is 0 Å². The lowest BCUT2D eigenvalue weighted by atomic mass is 10.2. The molecule has 0 aliphatic carbocycles. The highest BCUT2D eigenvalue weighted by Gasteiger charge is 2.25. The molecule has 0 aromatic carbocycles. The summed E-state index contributed by atoms with van der Waals surface area (Å²) in [4.78, 5) is 26.0. The van der Waals surface area contributed by atoms with Crippen LogP contribution in [0.2, 0.25) is 0 Å². The number of nitrogens with two attached hydrogens (primary N) is 1. The summed E-state index contributed by atoms with van der Waals surface area (Å²) in [7, 11) is 0. The minimum atomic E-state index is -0.316. The van der Waals surface area contributed by atoms with Crippen molar-refractivity contribution in [1.29, 1.82) is 0 Å². The van der Waals surface area contributed by atoms with Crippen molar-refractivity contribution in [1.82, 2.24) is 9.80 Å². The van der Waals surface area contributed by atoms with Gasteiger partial charge in [-0.05, 0) is 6.92 Å². The van der Waals surface area contributed by atoms with E-state index in [1.807, 2.05) is 4.90 Å². The van der Waals surface area contributed by atoms with Crippen molar-refractivity contribution in [3.63, 3.8) is 0 Å². The number of hydrogen-bond donors (Lipinski definition) is 2. The van der Waals surface area contributed by atoms with E-state index in [0.717, 1.165) is 0 Å². The molecule has 15 heavy (non-hydrogen) atoms. The number of nitrogens with zero attached hydrogens (tertiary/aromatic N) is 2. The summed E-state index contributed by atoms with van der Waals surface area (Å²) in [5, 5.41) is 0. The normalized spacial score (nSPS) is 20.0. The second-order valence-electron chi connectivity index (χ2n) is 3.65. The van der Waals surface area contributed by atoms with Crippen molar-refractivity contribution in [2.24, 2.45) is 5.73 Å². The standard InChI is InChI=1S/C9H17N3O2S/c1-7(9(10)14)11-2-4-12(5-3-11)8(13)6-15/h7,15H,2-6H2,1H3,(H2,10,14). The average Bonchev–Trinajstić information content (AvgIpc) is 2.27.